The highest BCUT2D eigenvalue weighted by Gasteiger charge is 2.11. The number of hydrogen-bond acceptors (Lipinski definition) is 2. The predicted octanol–water partition coefficient (Wildman–Crippen LogP) is 4.86. The summed E-state index contributed by atoms with van der Waals surface area (Å²) in [7, 11) is 0. The molecule has 144 valence electrons. The number of anilines is 1. The highest BCUT2D eigenvalue weighted by Crippen LogP contribution is 2.20. The van der Waals surface area contributed by atoms with Crippen molar-refractivity contribution in [3.63, 3.8) is 0 Å². The van der Waals surface area contributed by atoms with Gasteiger partial charge in [0.15, 0.2) is 0 Å². The molecule has 1 N–H and O–H groups in total. The molecule has 4 aromatic rings. The number of aromatic nitrogens is 1. The van der Waals surface area contributed by atoms with Crippen molar-refractivity contribution in [2.75, 3.05) is 5.32 Å². The zero-order chi connectivity index (χ0) is 20.2. The van der Waals surface area contributed by atoms with Crippen molar-refractivity contribution in [3.8, 4) is 0 Å². The van der Waals surface area contributed by atoms with Crippen LogP contribution in [0, 0.1) is 0 Å². The van der Waals surface area contributed by atoms with Gasteiger partial charge in [-0.2, -0.15) is 0 Å². The Morgan fingerprint density at radius 2 is 1.59 bits per heavy atom. The monoisotopic (exact) mass is 382 g/mol. The molecule has 0 atom stereocenters. The van der Waals surface area contributed by atoms with E-state index in [0.717, 1.165) is 34.0 Å². The van der Waals surface area contributed by atoms with Crippen LogP contribution in [0.5, 0.6) is 0 Å². The number of pyridine rings is 1. The fourth-order valence-electron chi connectivity index (χ4n) is 3.55. The molecular weight excluding hydrogens is 360 g/mol. The van der Waals surface area contributed by atoms with Crippen molar-refractivity contribution in [3.05, 3.63) is 112 Å². The van der Waals surface area contributed by atoms with Gasteiger partial charge in [-0.3, -0.25) is 9.59 Å². The molecule has 0 bridgehead atoms. The van der Waals surface area contributed by atoms with Gasteiger partial charge in [0.25, 0.3) is 11.5 Å². The normalized spacial score (nSPS) is 10.8. The maximum atomic E-state index is 12.8. The molecule has 0 unspecified atom stereocenters. The number of fused-ring (bicyclic) bond motifs is 1. The van der Waals surface area contributed by atoms with Gasteiger partial charge in [0, 0.05) is 18.0 Å². The highest BCUT2D eigenvalue weighted by molar-refractivity contribution is 6.04. The summed E-state index contributed by atoms with van der Waals surface area (Å²) in [6.07, 6.45) is 2.46. The van der Waals surface area contributed by atoms with Gasteiger partial charge < -0.3 is 9.88 Å². The van der Waals surface area contributed by atoms with Gasteiger partial charge in [-0.05, 0) is 40.5 Å². The lowest BCUT2D eigenvalue weighted by molar-refractivity contribution is 0.102. The summed E-state index contributed by atoms with van der Waals surface area (Å²) in [4.78, 5) is 25.2. The van der Waals surface area contributed by atoms with Gasteiger partial charge >= 0.3 is 0 Å². The third kappa shape index (κ3) is 3.97. The molecule has 0 aliphatic carbocycles. The Bertz CT molecular complexity index is 1240. The lowest BCUT2D eigenvalue weighted by Crippen LogP contribution is -2.23. The quantitative estimate of drug-likeness (QED) is 0.536. The molecule has 1 aromatic heterocycles. The van der Waals surface area contributed by atoms with Crippen LogP contribution >= 0.6 is 0 Å². The van der Waals surface area contributed by atoms with Crippen LogP contribution in [0.25, 0.3) is 10.8 Å². The highest BCUT2D eigenvalue weighted by atomic mass is 16.2. The van der Waals surface area contributed by atoms with Gasteiger partial charge in [-0.1, -0.05) is 67.6 Å². The summed E-state index contributed by atoms with van der Waals surface area (Å²) in [5, 5.41) is 5.20. The maximum absolute atomic E-state index is 12.8. The van der Waals surface area contributed by atoms with E-state index < -0.39 is 0 Å². The number of rotatable bonds is 5. The molecule has 0 spiro atoms. The second kappa shape index (κ2) is 8.15. The topological polar surface area (TPSA) is 51.1 Å². The van der Waals surface area contributed by atoms with Crippen LogP contribution in [0.2, 0.25) is 0 Å². The van der Waals surface area contributed by atoms with Gasteiger partial charge in [-0.25, -0.2) is 0 Å². The second-order valence-corrected chi connectivity index (χ2v) is 6.99. The average Bonchev–Trinajstić information content (AvgIpc) is 2.76. The minimum absolute atomic E-state index is 0.136. The van der Waals surface area contributed by atoms with Crippen LogP contribution in [0.15, 0.2) is 89.9 Å². The molecule has 0 saturated carbocycles. The zero-order valence-electron chi connectivity index (χ0n) is 16.3. The molecule has 1 heterocycles. The summed E-state index contributed by atoms with van der Waals surface area (Å²) in [5.41, 5.74) is 3.23. The van der Waals surface area contributed by atoms with Crippen molar-refractivity contribution >= 4 is 22.4 Å². The van der Waals surface area contributed by atoms with Crippen LogP contribution in [-0.4, -0.2) is 10.5 Å². The number of para-hydroxylation sites is 1. The van der Waals surface area contributed by atoms with Crippen molar-refractivity contribution in [2.45, 2.75) is 19.9 Å². The summed E-state index contributed by atoms with van der Waals surface area (Å²) < 4.78 is 1.59. The Labute approximate surface area is 169 Å². The lowest BCUT2D eigenvalue weighted by atomic mass is 10.0. The largest absolute Gasteiger partial charge is 0.322 e. The van der Waals surface area contributed by atoms with E-state index in [9.17, 15) is 9.59 Å². The van der Waals surface area contributed by atoms with Crippen LogP contribution < -0.4 is 10.9 Å². The number of carbonyl (C=O) groups excluding carboxylic acids is 1. The van der Waals surface area contributed by atoms with E-state index in [0.29, 0.717) is 12.1 Å². The minimum Gasteiger partial charge on any atom is -0.322 e. The average molecular weight is 382 g/mol. The molecule has 4 rings (SSSR count). The number of amides is 1. The molecule has 0 aliphatic rings. The number of nitrogens with zero attached hydrogens (tertiary/aromatic N) is 1. The molecule has 0 fully saturated rings. The van der Waals surface area contributed by atoms with E-state index in [1.807, 2.05) is 54.6 Å². The van der Waals surface area contributed by atoms with Gasteiger partial charge in [0.2, 0.25) is 0 Å². The summed E-state index contributed by atoms with van der Waals surface area (Å²) in [5.74, 6) is -0.224. The summed E-state index contributed by atoms with van der Waals surface area (Å²) in [6.45, 7) is 2.46. The molecular formula is C25H22N2O2. The van der Waals surface area contributed by atoms with Crippen LogP contribution in [0.4, 0.5) is 5.69 Å². The first-order chi connectivity index (χ1) is 14.2. The van der Waals surface area contributed by atoms with Gasteiger partial charge in [0.1, 0.15) is 0 Å². The van der Waals surface area contributed by atoms with Crippen LogP contribution in [-0.2, 0) is 13.0 Å². The zero-order valence-corrected chi connectivity index (χ0v) is 16.3. The second-order valence-electron chi connectivity index (χ2n) is 6.99. The fourth-order valence-corrected chi connectivity index (χ4v) is 3.55. The van der Waals surface area contributed by atoms with Crippen molar-refractivity contribution in [1.29, 1.82) is 0 Å². The molecule has 0 saturated heterocycles. The third-order valence-electron chi connectivity index (χ3n) is 5.11. The van der Waals surface area contributed by atoms with Crippen LogP contribution in [0.3, 0.4) is 0 Å². The molecule has 4 nitrogen and oxygen atoms in total. The maximum Gasteiger partial charge on any atom is 0.257 e. The van der Waals surface area contributed by atoms with E-state index >= 15 is 0 Å². The van der Waals surface area contributed by atoms with Crippen LogP contribution in [0.1, 0.15) is 28.4 Å². The number of nitrogens with one attached hydrogen (secondary N) is 1. The number of aryl methyl sites for hydroxylation is 1. The van der Waals surface area contributed by atoms with E-state index in [2.05, 4.69) is 24.4 Å². The molecule has 3 aromatic carbocycles. The minimum atomic E-state index is -0.224. The lowest BCUT2D eigenvalue weighted by Gasteiger charge is -2.12. The van der Waals surface area contributed by atoms with Gasteiger partial charge in [0.05, 0.1) is 12.1 Å². The molecule has 0 aliphatic heterocycles. The molecule has 4 heteroatoms. The first-order valence-electron chi connectivity index (χ1n) is 9.72. The smallest absolute Gasteiger partial charge is 0.257 e. The first-order valence-corrected chi connectivity index (χ1v) is 9.72. The number of carbonyl (C=O) groups is 1. The Balaban J connectivity index is 1.64. The van der Waals surface area contributed by atoms with Crippen molar-refractivity contribution < 1.29 is 4.79 Å². The van der Waals surface area contributed by atoms with E-state index in [1.165, 1.54) is 6.07 Å². The van der Waals surface area contributed by atoms with E-state index in [1.54, 1.807) is 16.8 Å². The Morgan fingerprint density at radius 3 is 2.45 bits per heavy atom. The molecule has 1 amide bonds. The SMILES string of the molecule is CCc1ccccc1NC(=O)c1ccc(=O)n(Cc2cccc3ccccc23)c1. The Morgan fingerprint density at radius 1 is 0.862 bits per heavy atom. The van der Waals surface area contributed by atoms with E-state index in [-0.39, 0.29) is 11.5 Å². The summed E-state index contributed by atoms with van der Waals surface area (Å²) in [6, 6.07) is 24.9. The number of benzene rings is 3. The first kappa shape index (κ1) is 18.7. The Hall–Kier alpha value is -3.66. The van der Waals surface area contributed by atoms with Crippen molar-refractivity contribution in [2.24, 2.45) is 0 Å². The van der Waals surface area contributed by atoms with Crippen molar-refractivity contribution in [1.82, 2.24) is 4.57 Å². The fraction of sp³-hybridized carbons (Fsp3) is 0.120. The standard InChI is InChI=1S/C25H22N2O2/c1-2-18-8-4-6-13-23(18)26-25(29)21-14-15-24(28)27(17-21)16-20-11-7-10-19-9-3-5-12-22(19)20/h3-15,17H,2,16H2,1H3,(H,26,29). The number of hydrogen-bond donors (Lipinski definition) is 1. The van der Waals surface area contributed by atoms with Gasteiger partial charge in [-0.15, -0.1) is 0 Å². The molecule has 29 heavy (non-hydrogen) atoms. The molecule has 0 radical (unpaired) electrons. The Kier molecular flexibility index (Phi) is 5.25. The third-order valence-corrected chi connectivity index (χ3v) is 5.11. The van der Waals surface area contributed by atoms with E-state index in [4.69, 9.17) is 0 Å². The summed E-state index contributed by atoms with van der Waals surface area (Å²) >= 11 is 0. The predicted molar refractivity (Wildman–Crippen MR) is 118 cm³/mol.